The van der Waals surface area contributed by atoms with E-state index in [0.717, 1.165) is 17.7 Å². The first-order valence-electron chi connectivity index (χ1n) is 21.5. The van der Waals surface area contributed by atoms with Crippen molar-refractivity contribution in [2.45, 2.75) is 116 Å². The van der Waals surface area contributed by atoms with Gasteiger partial charge in [0.2, 0.25) is 35.4 Å². The molecule has 3 aromatic carbocycles. The smallest absolute Gasteiger partial charge is 0.391 e. The first-order valence-corrected chi connectivity index (χ1v) is 21.5. The van der Waals surface area contributed by atoms with Gasteiger partial charge in [-0.15, -0.1) is 0 Å². The fourth-order valence-electron chi connectivity index (χ4n) is 6.69. The van der Waals surface area contributed by atoms with E-state index in [1.165, 1.54) is 6.07 Å². The topological polar surface area (TPSA) is 241 Å². The Balaban J connectivity index is 1.92. The number of aryl methyl sites for hydroxylation is 1. The minimum Gasteiger partial charge on any atom is -0.505 e. The fraction of sp³-hybridized carbons (Fsp3) is 0.468. The Hall–Kier alpha value is -6.41. The summed E-state index contributed by atoms with van der Waals surface area (Å²) in [6, 6.07) is 9.59. The van der Waals surface area contributed by atoms with Gasteiger partial charge >= 0.3 is 6.18 Å². The largest absolute Gasteiger partial charge is 0.505 e. The minimum absolute atomic E-state index is 0.0205. The van der Waals surface area contributed by atoms with E-state index in [-0.39, 0.29) is 37.2 Å². The van der Waals surface area contributed by atoms with Crippen molar-refractivity contribution in [3.8, 4) is 5.75 Å². The second kappa shape index (κ2) is 25.5. The maximum absolute atomic E-state index is 14.4. The lowest BCUT2D eigenvalue weighted by Crippen LogP contribution is -2.62. The van der Waals surface area contributed by atoms with E-state index < -0.39 is 121 Å². The van der Waals surface area contributed by atoms with E-state index >= 15 is 0 Å². The van der Waals surface area contributed by atoms with Crippen LogP contribution in [0.2, 0.25) is 0 Å². The molecule has 6 amide bonds. The van der Waals surface area contributed by atoms with Gasteiger partial charge in [0.1, 0.15) is 36.5 Å². The summed E-state index contributed by atoms with van der Waals surface area (Å²) in [4.78, 5) is 93.9. The number of aliphatic hydroxyl groups is 1. The number of aromatic hydroxyl groups is 1. The van der Waals surface area contributed by atoms with Gasteiger partial charge in [0.15, 0.2) is 11.6 Å². The monoisotopic (exact) mass is 944 g/mol. The molecule has 0 radical (unpaired) electrons. The van der Waals surface area contributed by atoms with Gasteiger partial charge in [-0.25, -0.2) is 4.39 Å². The molecule has 0 aliphatic heterocycles. The molecule has 0 aliphatic rings. The summed E-state index contributed by atoms with van der Waals surface area (Å²) in [6.07, 6.45) is -7.10. The Kier molecular flexibility index (Phi) is 20.9. The van der Waals surface area contributed by atoms with E-state index in [2.05, 4.69) is 26.6 Å². The van der Waals surface area contributed by atoms with Gasteiger partial charge in [-0.05, 0) is 59.1 Å². The third-order valence-electron chi connectivity index (χ3n) is 10.3. The van der Waals surface area contributed by atoms with Crippen LogP contribution in [0.1, 0.15) is 69.7 Å². The lowest BCUT2D eigenvalue weighted by Gasteiger charge is -2.34. The number of hydrogen-bond acceptors (Lipinski definition) is 10. The van der Waals surface area contributed by atoms with Crippen LogP contribution in [-0.4, -0.2) is 108 Å². The second-order valence-corrected chi connectivity index (χ2v) is 17.6. The van der Waals surface area contributed by atoms with Crippen LogP contribution in [0.25, 0.3) is 0 Å². The standard InChI is InChI=1S/C47H60F4N6O10/c1-27(2)18-34(41(62)52-32(23-58)22-47(49,50)51)55-45(66)40(46(4,5)6)57-42(63)35(21-31-15-11-10-12-28(31)3)54-44(65)37(26-67-25-29-13-8-7-9-14-29)56-43(64)36(24-59)53-39(61)20-30-16-17-38(60)33(48)19-30/h7-17,19,23,27,32,34-37,40,59-60H,18,20-22,24-26H2,1-6H3,(H,52,62)(H,53,61)(H,54,65)(H,55,66)(H,56,64)(H,57,63)/t32?,34-,35-,36-,37+,40+/m0/s1. The van der Waals surface area contributed by atoms with Gasteiger partial charge in [0, 0.05) is 6.42 Å². The van der Waals surface area contributed by atoms with Crippen LogP contribution in [0.4, 0.5) is 17.6 Å². The summed E-state index contributed by atoms with van der Waals surface area (Å²) in [7, 11) is 0. The van der Waals surface area contributed by atoms with Crippen LogP contribution in [0.5, 0.6) is 5.75 Å². The molecule has 67 heavy (non-hydrogen) atoms. The van der Waals surface area contributed by atoms with E-state index in [4.69, 9.17) is 4.74 Å². The van der Waals surface area contributed by atoms with E-state index in [1.54, 1.807) is 96.1 Å². The zero-order valence-electron chi connectivity index (χ0n) is 38.2. The molecule has 20 heteroatoms. The normalized spacial score (nSPS) is 14.3. The Bertz CT molecular complexity index is 2170. The molecule has 0 spiro atoms. The molecule has 3 aromatic rings. The van der Waals surface area contributed by atoms with E-state index in [9.17, 15) is 61.3 Å². The predicted molar refractivity (Wildman–Crippen MR) is 237 cm³/mol. The summed E-state index contributed by atoms with van der Waals surface area (Å²) in [6.45, 7) is 8.54. The first-order chi connectivity index (χ1) is 31.4. The summed E-state index contributed by atoms with van der Waals surface area (Å²) < 4.78 is 59.0. The van der Waals surface area contributed by atoms with E-state index in [1.807, 2.05) is 5.32 Å². The van der Waals surface area contributed by atoms with Crippen molar-refractivity contribution >= 4 is 41.7 Å². The van der Waals surface area contributed by atoms with Gasteiger partial charge in [-0.3, -0.25) is 28.8 Å². The second-order valence-electron chi connectivity index (χ2n) is 17.6. The number of phenols is 1. The molecule has 3 rings (SSSR count). The number of carbonyl (C=O) groups excluding carboxylic acids is 7. The highest BCUT2D eigenvalue weighted by molar-refractivity contribution is 5.97. The molecule has 16 nitrogen and oxygen atoms in total. The molecule has 6 atom stereocenters. The SMILES string of the molecule is Cc1ccccc1C[C@H](NC(=O)[C@@H](COCc1ccccc1)NC(=O)[C@H](CO)NC(=O)Cc1ccc(O)c(F)c1)C(=O)N[C@H](C(=O)N[C@@H](CC(C)C)C(=O)NC(C=O)CC(F)(F)F)C(C)(C)C. The number of amides is 6. The van der Waals surface area contributed by atoms with Gasteiger partial charge < -0.3 is 51.6 Å². The molecular weight excluding hydrogens is 885 g/mol. The van der Waals surface area contributed by atoms with Crippen molar-refractivity contribution in [2.75, 3.05) is 13.2 Å². The molecular formula is C47H60F4N6O10. The number of aliphatic hydroxyl groups excluding tert-OH is 1. The van der Waals surface area contributed by atoms with Crippen LogP contribution < -0.4 is 31.9 Å². The number of benzene rings is 3. The van der Waals surface area contributed by atoms with Crippen molar-refractivity contribution < 1.29 is 66.1 Å². The molecule has 0 saturated heterocycles. The number of carbonyl (C=O) groups is 7. The van der Waals surface area contributed by atoms with Crippen LogP contribution >= 0.6 is 0 Å². The molecule has 0 aromatic heterocycles. The summed E-state index contributed by atoms with van der Waals surface area (Å²) in [5.74, 6) is -7.50. The van der Waals surface area contributed by atoms with Crippen molar-refractivity contribution in [1.82, 2.24) is 31.9 Å². The lowest BCUT2D eigenvalue weighted by molar-refractivity contribution is -0.147. The average molecular weight is 945 g/mol. The molecule has 366 valence electrons. The molecule has 0 bridgehead atoms. The van der Waals surface area contributed by atoms with Crippen molar-refractivity contribution in [3.63, 3.8) is 0 Å². The number of nitrogens with one attached hydrogen (secondary N) is 6. The first kappa shape index (κ1) is 54.9. The maximum Gasteiger partial charge on any atom is 0.391 e. The highest BCUT2D eigenvalue weighted by Crippen LogP contribution is 2.23. The number of hydrogen-bond donors (Lipinski definition) is 8. The average Bonchev–Trinajstić information content (AvgIpc) is 3.24. The van der Waals surface area contributed by atoms with E-state index in [0.29, 0.717) is 11.1 Å². The molecule has 0 fully saturated rings. The van der Waals surface area contributed by atoms with Crippen LogP contribution in [0.15, 0.2) is 72.8 Å². The van der Waals surface area contributed by atoms with Crippen LogP contribution in [0.3, 0.4) is 0 Å². The number of halogens is 4. The Morgan fingerprint density at radius 2 is 1.30 bits per heavy atom. The number of alkyl halides is 3. The highest BCUT2D eigenvalue weighted by atomic mass is 19.4. The maximum atomic E-state index is 14.4. The van der Waals surface area contributed by atoms with Crippen LogP contribution in [-0.2, 0) is 57.7 Å². The summed E-state index contributed by atoms with van der Waals surface area (Å²) >= 11 is 0. The Morgan fingerprint density at radius 3 is 1.88 bits per heavy atom. The van der Waals surface area contributed by atoms with Crippen LogP contribution in [0, 0.1) is 24.1 Å². The number of rotatable bonds is 24. The Morgan fingerprint density at radius 1 is 0.716 bits per heavy atom. The third-order valence-corrected chi connectivity index (χ3v) is 10.3. The predicted octanol–water partition coefficient (Wildman–Crippen LogP) is 2.99. The number of ether oxygens (including phenoxy) is 1. The molecule has 1 unspecified atom stereocenters. The third kappa shape index (κ3) is 18.8. The van der Waals surface area contributed by atoms with Gasteiger partial charge in [-0.2, -0.15) is 13.2 Å². The summed E-state index contributed by atoms with van der Waals surface area (Å²) in [5.41, 5.74) is 1.11. The lowest BCUT2D eigenvalue weighted by atomic mass is 9.85. The molecule has 0 saturated carbocycles. The molecule has 0 heterocycles. The highest BCUT2D eigenvalue weighted by Gasteiger charge is 2.39. The molecule has 8 N–H and O–H groups in total. The van der Waals surface area contributed by atoms with Crippen molar-refractivity contribution in [1.29, 1.82) is 0 Å². The van der Waals surface area contributed by atoms with Crippen molar-refractivity contribution in [3.05, 3.63) is 101 Å². The molecule has 0 aliphatic carbocycles. The van der Waals surface area contributed by atoms with Gasteiger partial charge in [0.05, 0.1) is 38.7 Å². The zero-order chi connectivity index (χ0) is 50.1. The Labute approximate surface area is 386 Å². The zero-order valence-corrected chi connectivity index (χ0v) is 38.2. The van der Waals surface area contributed by atoms with Gasteiger partial charge in [0.25, 0.3) is 0 Å². The quantitative estimate of drug-likeness (QED) is 0.0483. The number of phenolic OH excluding ortho intramolecular Hbond substituents is 1. The summed E-state index contributed by atoms with van der Waals surface area (Å²) in [5, 5.41) is 34.3. The minimum atomic E-state index is -4.78. The van der Waals surface area contributed by atoms with Gasteiger partial charge in [-0.1, -0.05) is 95.3 Å². The number of aldehydes is 1. The van der Waals surface area contributed by atoms with Crippen molar-refractivity contribution in [2.24, 2.45) is 11.3 Å². The fourth-order valence-corrected chi connectivity index (χ4v) is 6.69.